The van der Waals surface area contributed by atoms with Crippen LogP contribution in [-0.2, 0) is 14.8 Å². The van der Waals surface area contributed by atoms with E-state index in [0.717, 1.165) is 18.9 Å². The smallest absolute Gasteiger partial charge is 0.252 e. The Hall–Kier alpha value is -1.97. The summed E-state index contributed by atoms with van der Waals surface area (Å²) in [6, 6.07) is 7.12. The van der Waals surface area contributed by atoms with E-state index < -0.39 is 10.0 Å². The molecule has 1 atom stereocenters. The number of nitrogens with zero attached hydrogens (tertiary/aromatic N) is 3. The van der Waals surface area contributed by atoms with E-state index >= 15 is 0 Å². The predicted octanol–water partition coefficient (Wildman–Crippen LogP) is 2.78. The summed E-state index contributed by atoms with van der Waals surface area (Å²) in [5, 5.41) is 4.65. The van der Waals surface area contributed by atoms with Gasteiger partial charge in [-0.25, -0.2) is 13.4 Å². The number of anilines is 2. The van der Waals surface area contributed by atoms with Gasteiger partial charge < -0.3 is 10.2 Å². The van der Waals surface area contributed by atoms with E-state index in [9.17, 15) is 13.2 Å². The number of piperidine rings is 1. The lowest BCUT2D eigenvalue weighted by molar-refractivity contribution is -0.120. The Balaban J connectivity index is 1.39. The molecule has 0 saturated carbocycles. The number of sulfonamides is 1. The SMILES string of the molecule is O=C(Nc1ccc(N2CCCC2)nc1)C1CCCN(S(=O)(=O)c2cccs2)C1. The lowest BCUT2D eigenvalue weighted by atomic mass is 9.99. The van der Waals surface area contributed by atoms with Crippen molar-refractivity contribution in [2.24, 2.45) is 5.92 Å². The van der Waals surface area contributed by atoms with Crippen molar-refractivity contribution in [3.05, 3.63) is 35.8 Å². The summed E-state index contributed by atoms with van der Waals surface area (Å²) in [6.07, 6.45) is 5.41. The van der Waals surface area contributed by atoms with Crippen molar-refractivity contribution in [1.82, 2.24) is 9.29 Å². The van der Waals surface area contributed by atoms with E-state index in [0.29, 0.717) is 29.3 Å². The molecule has 0 aliphatic carbocycles. The Morgan fingerprint density at radius 1 is 1.14 bits per heavy atom. The number of hydrogen-bond acceptors (Lipinski definition) is 6. The zero-order chi connectivity index (χ0) is 19.6. The lowest BCUT2D eigenvalue weighted by Crippen LogP contribution is -2.43. The van der Waals surface area contributed by atoms with Crippen molar-refractivity contribution in [1.29, 1.82) is 0 Å². The molecule has 2 aliphatic rings. The van der Waals surface area contributed by atoms with Crippen LogP contribution in [-0.4, -0.2) is 49.8 Å². The summed E-state index contributed by atoms with van der Waals surface area (Å²) < 4.78 is 27.2. The van der Waals surface area contributed by atoms with Crippen LogP contribution in [0.2, 0.25) is 0 Å². The normalized spacial score (nSPS) is 21.0. The molecule has 2 aromatic rings. The average Bonchev–Trinajstić information content (AvgIpc) is 3.43. The fraction of sp³-hybridized carbons (Fsp3) is 0.474. The third-order valence-corrected chi connectivity index (χ3v) is 8.53. The fourth-order valence-electron chi connectivity index (χ4n) is 3.75. The summed E-state index contributed by atoms with van der Waals surface area (Å²) in [5.74, 6) is 0.421. The Bertz CT molecular complexity index is 907. The van der Waals surface area contributed by atoms with E-state index in [-0.39, 0.29) is 18.4 Å². The van der Waals surface area contributed by atoms with Gasteiger partial charge in [0.2, 0.25) is 5.91 Å². The molecule has 1 N–H and O–H groups in total. The monoisotopic (exact) mass is 420 g/mol. The third kappa shape index (κ3) is 4.06. The van der Waals surface area contributed by atoms with Crippen LogP contribution in [0.5, 0.6) is 0 Å². The third-order valence-electron chi connectivity index (χ3n) is 5.29. The molecule has 0 aromatic carbocycles. The first-order chi connectivity index (χ1) is 13.5. The van der Waals surface area contributed by atoms with Crippen LogP contribution in [0, 0.1) is 5.92 Å². The van der Waals surface area contributed by atoms with Gasteiger partial charge in [-0.2, -0.15) is 4.31 Å². The van der Waals surface area contributed by atoms with E-state index in [1.54, 1.807) is 23.7 Å². The summed E-state index contributed by atoms with van der Waals surface area (Å²) in [7, 11) is -3.52. The number of pyridine rings is 1. The van der Waals surface area contributed by atoms with Crippen LogP contribution in [0.15, 0.2) is 40.1 Å². The van der Waals surface area contributed by atoms with E-state index in [2.05, 4.69) is 15.2 Å². The summed E-state index contributed by atoms with van der Waals surface area (Å²) >= 11 is 1.21. The van der Waals surface area contributed by atoms with Crippen molar-refractivity contribution >= 4 is 38.8 Å². The highest BCUT2D eigenvalue weighted by atomic mass is 32.2. The molecule has 4 heterocycles. The van der Waals surface area contributed by atoms with Crippen molar-refractivity contribution in [3.63, 3.8) is 0 Å². The van der Waals surface area contributed by atoms with Gasteiger partial charge in [-0.05, 0) is 49.3 Å². The van der Waals surface area contributed by atoms with Crippen molar-refractivity contribution in [2.45, 2.75) is 29.9 Å². The van der Waals surface area contributed by atoms with Crippen LogP contribution in [0.25, 0.3) is 0 Å². The number of hydrogen-bond donors (Lipinski definition) is 1. The molecular formula is C19H24N4O3S2. The van der Waals surface area contributed by atoms with Crippen LogP contribution in [0.1, 0.15) is 25.7 Å². The molecule has 1 amide bonds. The molecule has 9 heteroatoms. The topological polar surface area (TPSA) is 82.6 Å². The molecule has 2 saturated heterocycles. The maximum Gasteiger partial charge on any atom is 0.252 e. The van der Waals surface area contributed by atoms with Crippen LogP contribution < -0.4 is 10.2 Å². The quantitative estimate of drug-likeness (QED) is 0.804. The minimum absolute atomic E-state index is 0.151. The average molecular weight is 421 g/mol. The van der Waals surface area contributed by atoms with Gasteiger partial charge in [0.15, 0.2) is 0 Å². The summed E-state index contributed by atoms with van der Waals surface area (Å²) in [4.78, 5) is 19.4. The first-order valence-corrected chi connectivity index (χ1v) is 11.9. The fourth-order valence-corrected chi connectivity index (χ4v) is 6.42. The van der Waals surface area contributed by atoms with Gasteiger partial charge in [0.1, 0.15) is 10.0 Å². The Kier molecular flexibility index (Phi) is 5.65. The molecule has 28 heavy (non-hydrogen) atoms. The standard InChI is InChI=1S/C19H24N4O3S2/c24-19(21-16-7-8-17(20-13-16)22-9-1-2-10-22)15-5-3-11-23(14-15)28(25,26)18-6-4-12-27-18/h4,6-8,12-13,15H,1-3,5,9-11,14H2,(H,21,24). The largest absolute Gasteiger partial charge is 0.357 e. The second-order valence-corrected chi connectivity index (χ2v) is 10.3. The molecule has 2 fully saturated rings. The Morgan fingerprint density at radius 2 is 1.96 bits per heavy atom. The highest BCUT2D eigenvalue weighted by Crippen LogP contribution is 2.27. The van der Waals surface area contributed by atoms with Crippen LogP contribution >= 0.6 is 11.3 Å². The molecule has 1 unspecified atom stereocenters. The van der Waals surface area contributed by atoms with Gasteiger partial charge in [0.25, 0.3) is 10.0 Å². The van der Waals surface area contributed by atoms with Crippen molar-refractivity contribution in [3.8, 4) is 0 Å². The van der Waals surface area contributed by atoms with Gasteiger partial charge in [-0.1, -0.05) is 6.07 Å². The molecule has 0 radical (unpaired) electrons. The predicted molar refractivity (Wildman–Crippen MR) is 110 cm³/mol. The summed E-state index contributed by atoms with van der Waals surface area (Å²) in [6.45, 7) is 2.71. The van der Waals surface area contributed by atoms with E-state index in [1.165, 1.54) is 28.5 Å². The number of nitrogens with one attached hydrogen (secondary N) is 1. The van der Waals surface area contributed by atoms with Gasteiger partial charge in [-0.15, -0.1) is 11.3 Å². The number of amides is 1. The maximum absolute atomic E-state index is 12.7. The molecule has 0 bridgehead atoms. The minimum Gasteiger partial charge on any atom is -0.357 e. The van der Waals surface area contributed by atoms with Crippen LogP contribution in [0.4, 0.5) is 11.5 Å². The summed E-state index contributed by atoms with van der Waals surface area (Å²) in [5.41, 5.74) is 0.645. The van der Waals surface area contributed by atoms with Crippen LogP contribution in [0.3, 0.4) is 0 Å². The molecule has 150 valence electrons. The number of rotatable bonds is 5. The molecule has 0 spiro atoms. The molecule has 2 aliphatic heterocycles. The van der Waals surface area contributed by atoms with Gasteiger partial charge in [-0.3, -0.25) is 4.79 Å². The van der Waals surface area contributed by atoms with Gasteiger partial charge in [0, 0.05) is 26.2 Å². The molecular weight excluding hydrogens is 396 g/mol. The van der Waals surface area contributed by atoms with Gasteiger partial charge in [0.05, 0.1) is 17.8 Å². The van der Waals surface area contributed by atoms with E-state index in [1.807, 2.05) is 12.1 Å². The zero-order valence-electron chi connectivity index (χ0n) is 15.6. The second kappa shape index (κ2) is 8.18. The van der Waals surface area contributed by atoms with Crippen molar-refractivity contribution < 1.29 is 13.2 Å². The zero-order valence-corrected chi connectivity index (χ0v) is 17.2. The highest BCUT2D eigenvalue weighted by Gasteiger charge is 2.33. The minimum atomic E-state index is -3.52. The molecule has 2 aromatic heterocycles. The number of carbonyl (C=O) groups is 1. The lowest BCUT2D eigenvalue weighted by Gasteiger charge is -2.30. The molecule has 4 rings (SSSR count). The first-order valence-electron chi connectivity index (χ1n) is 9.59. The Labute approximate surface area is 169 Å². The number of thiophene rings is 1. The van der Waals surface area contributed by atoms with E-state index in [4.69, 9.17) is 0 Å². The highest BCUT2D eigenvalue weighted by molar-refractivity contribution is 7.91. The Morgan fingerprint density at radius 3 is 2.64 bits per heavy atom. The number of aromatic nitrogens is 1. The molecule has 7 nitrogen and oxygen atoms in total. The second-order valence-electron chi connectivity index (χ2n) is 7.22. The van der Waals surface area contributed by atoms with Crippen molar-refractivity contribution in [2.75, 3.05) is 36.4 Å². The maximum atomic E-state index is 12.7. The van der Waals surface area contributed by atoms with Gasteiger partial charge >= 0.3 is 0 Å². The number of carbonyl (C=O) groups excluding carboxylic acids is 1. The first kappa shape index (κ1) is 19.4.